The van der Waals surface area contributed by atoms with Gasteiger partial charge in [-0.1, -0.05) is 33.7 Å². The van der Waals surface area contributed by atoms with Crippen LogP contribution in [0.2, 0.25) is 0 Å². The molecule has 36 heavy (non-hydrogen) atoms. The summed E-state index contributed by atoms with van der Waals surface area (Å²) in [5, 5.41) is 4.97. The number of hydrogen-bond acceptors (Lipinski definition) is 8. The van der Waals surface area contributed by atoms with E-state index in [0.29, 0.717) is 11.5 Å². The summed E-state index contributed by atoms with van der Waals surface area (Å²) in [4.78, 5) is 23.9. The van der Waals surface area contributed by atoms with Crippen LogP contribution in [-0.4, -0.2) is 53.5 Å². The number of hydrogen-bond donors (Lipinski definition) is 4. The van der Waals surface area contributed by atoms with Gasteiger partial charge in [-0.25, -0.2) is 35.9 Å². The van der Waals surface area contributed by atoms with Gasteiger partial charge in [0, 0.05) is 24.6 Å². The Morgan fingerprint density at radius 3 is 1.33 bits per heavy atom. The first-order valence-electron chi connectivity index (χ1n) is 10.8. The Bertz CT molecular complexity index is 1210. The lowest BCUT2D eigenvalue weighted by molar-refractivity contribution is 0.245. The average Bonchev–Trinajstić information content (AvgIpc) is 2.78. The highest BCUT2D eigenvalue weighted by atomic mass is 33.1. The number of aryl methyl sites for hydroxylation is 4. The van der Waals surface area contributed by atoms with Gasteiger partial charge in [0.05, 0.1) is 9.79 Å². The summed E-state index contributed by atoms with van der Waals surface area (Å²) in [6.07, 6.45) is 0. The number of carbonyl (C=O) groups excluding carboxylic acids is 2. The largest absolute Gasteiger partial charge is 0.336 e. The lowest BCUT2D eigenvalue weighted by Crippen LogP contribution is -2.40. The molecule has 0 spiro atoms. The van der Waals surface area contributed by atoms with Gasteiger partial charge in [-0.05, 0) is 74.2 Å². The molecule has 0 saturated heterocycles. The molecule has 198 valence electrons. The van der Waals surface area contributed by atoms with E-state index in [0.717, 1.165) is 22.3 Å². The molecule has 0 radical (unpaired) electrons. The molecule has 0 aliphatic rings. The maximum Gasteiger partial charge on any atom is 0.328 e. The van der Waals surface area contributed by atoms with Crippen LogP contribution in [0.15, 0.2) is 46.2 Å². The van der Waals surface area contributed by atoms with E-state index in [9.17, 15) is 26.4 Å². The molecule has 0 aromatic heterocycles. The van der Waals surface area contributed by atoms with Crippen molar-refractivity contribution < 1.29 is 26.4 Å². The molecule has 2 aromatic carbocycles. The van der Waals surface area contributed by atoms with Crippen LogP contribution in [0.5, 0.6) is 0 Å². The second kappa shape index (κ2) is 13.2. The number of amides is 4. The van der Waals surface area contributed by atoms with Gasteiger partial charge in [-0.15, -0.1) is 0 Å². The summed E-state index contributed by atoms with van der Waals surface area (Å²) in [6.45, 7) is 7.77. The first kappa shape index (κ1) is 29.8. The van der Waals surface area contributed by atoms with Gasteiger partial charge in [0.15, 0.2) is 0 Å². The fourth-order valence-electron chi connectivity index (χ4n) is 2.73. The Hall–Kier alpha value is -2.42. The fourth-order valence-corrected chi connectivity index (χ4v) is 6.57. The zero-order valence-electron chi connectivity index (χ0n) is 20.4. The third-order valence-electron chi connectivity index (χ3n) is 5.06. The third kappa shape index (κ3) is 9.22. The van der Waals surface area contributed by atoms with Crippen molar-refractivity contribution in [3.05, 3.63) is 58.7 Å². The van der Waals surface area contributed by atoms with Gasteiger partial charge in [0.2, 0.25) is 0 Å². The van der Waals surface area contributed by atoms with Gasteiger partial charge in [0.1, 0.15) is 0 Å². The van der Waals surface area contributed by atoms with Crippen molar-refractivity contribution in [3.63, 3.8) is 0 Å². The number of nitrogens with one attached hydrogen (secondary N) is 4. The molecule has 14 heteroatoms. The normalized spacial score (nSPS) is 11.6. The molecule has 2 aromatic rings. The molecule has 0 atom stereocenters. The van der Waals surface area contributed by atoms with Crippen molar-refractivity contribution in [1.29, 1.82) is 0 Å². The maximum atomic E-state index is 12.3. The van der Waals surface area contributed by atoms with E-state index in [2.05, 4.69) is 10.6 Å². The van der Waals surface area contributed by atoms with Gasteiger partial charge < -0.3 is 10.6 Å². The van der Waals surface area contributed by atoms with Crippen molar-refractivity contribution in [2.45, 2.75) is 37.5 Å². The monoisotopic (exact) mass is 574 g/mol. The van der Waals surface area contributed by atoms with E-state index in [1.165, 1.54) is 45.9 Å². The maximum absolute atomic E-state index is 12.3. The SMILES string of the molecule is Cc1ccc(S(=O)(=O)NC(=O)NCCSSCCNC(=O)NS(=O)(=O)c2ccc(C)c(C)c2)cc1C. The molecule has 0 fully saturated rings. The van der Waals surface area contributed by atoms with Crippen LogP contribution < -0.4 is 20.1 Å². The number of sulfonamides is 2. The summed E-state index contributed by atoms with van der Waals surface area (Å²) < 4.78 is 53.2. The predicted molar refractivity (Wildman–Crippen MR) is 144 cm³/mol. The Kier molecular flexibility index (Phi) is 10.9. The lowest BCUT2D eigenvalue weighted by Gasteiger charge is -2.10. The number of urea groups is 2. The van der Waals surface area contributed by atoms with E-state index in [1.54, 1.807) is 26.0 Å². The minimum absolute atomic E-state index is 0.0176. The minimum Gasteiger partial charge on any atom is -0.336 e. The Morgan fingerprint density at radius 1 is 0.639 bits per heavy atom. The standard InChI is InChI=1S/C22H30N4O6S4/c1-15-5-7-19(13-17(15)3)35(29,30)25-21(27)23-9-11-33-34-12-10-24-22(28)26-36(31,32)20-8-6-16(2)18(4)14-20/h5-8,13-14H,9-12H2,1-4H3,(H2,23,25,27)(H2,24,26,28). The van der Waals surface area contributed by atoms with Crippen LogP contribution in [0.1, 0.15) is 22.3 Å². The van der Waals surface area contributed by atoms with E-state index in [1.807, 2.05) is 23.3 Å². The van der Waals surface area contributed by atoms with Gasteiger partial charge in [-0.2, -0.15) is 0 Å². The highest BCUT2D eigenvalue weighted by Gasteiger charge is 2.19. The summed E-state index contributed by atoms with van der Waals surface area (Å²) in [6, 6.07) is 7.62. The van der Waals surface area contributed by atoms with Crippen LogP contribution in [-0.2, 0) is 20.0 Å². The Morgan fingerprint density at radius 2 is 1.00 bits per heavy atom. The summed E-state index contributed by atoms with van der Waals surface area (Å²) in [5.74, 6) is 0.990. The van der Waals surface area contributed by atoms with Crippen LogP contribution in [0.4, 0.5) is 9.59 Å². The lowest BCUT2D eigenvalue weighted by atomic mass is 10.1. The number of benzene rings is 2. The minimum atomic E-state index is -3.96. The first-order valence-corrected chi connectivity index (χ1v) is 16.3. The van der Waals surface area contributed by atoms with E-state index >= 15 is 0 Å². The molecule has 0 saturated carbocycles. The Balaban J connectivity index is 1.61. The van der Waals surface area contributed by atoms with E-state index in [4.69, 9.17) is 0 Å². The summed E-state index contributed by atoms with van der Waals surface area (Å²) in [5.41, 5.74) is 3.51. The molecular weight excluding hydrogens is 545 g/mol. The van der Waals surface area contributed by atoms with Crippen molar-refractivity contribution in [2.75, 3.05) is 24.6 Å². The van der Waals surface area contributed by atoms with Crippen molar-refractivity contribution >= 4 is 53.7 Å². The van der Waals surface area contributed by atoms with Crippen molar-refractivity contribution in [1.82, 2.24) is 20.1 Å². The second-order valence-corrected chi connectivity index (χ2v) is 13.9. The molecule has 4 amide bonds. The molecule has 2 rings (SSSR count). The molecule has 10 nitrogen and oxygen atoms in total. The summed E-state index contributed by atoms with van der Waals surface area (Å²) in [7, 11) is -5.09. The van der Waals surface area contributed by atoms with Gasteiger partial charge in [0.25, 0.3) is 20.0 Å². The zero-order valence-corrected chi connectivity index (χ0v) is 23.6. The smallest absolute Gasteiger partial charge is 0.328 e. The highest BCUT2D eigenvalue weighted by molar-refractivity contribution is 8.76. The molecule has 0 unspecified atom stereocenters. The van der Waals surface area contributed by atoms with Gasteiger partial charge >= 0.3 is 12.1 Å². The second-order valence-electron chi connectivity index (χ2n) is 7.86. The molecule has 0 aliphatic carbocycles. The highest BCUT2D eigenvalue weighted by Crippen LogP contribution is 2.19. The fraction of sp³-hybridized carbons (Fsp3) is 0.364. The third-order valence-corrected chi connectivity index (χ3v) is 10.1. The van der Waals surface area contributed by atoms with Gasteiger partial charge in [-0.3, -0.25) is 0 Å². The van der Waals surface area contributed by atoms with Crippen LogP contribution in [0, 0.1) is 27.7 Å². The zero-order chi connectivity index (χ0) is 26.9. The van der Waals surface area contributed by atoms with Crippen molar-refractivity contribution in [2.24, 2.45) is 0 Å². The quantitative estimate of drug-likeness (QED) is 0.236. The number of carbonyl (C=O) groups is 2. The summed E-state index contributed by atoms with van der Waals surface area (Å²) >= 11 is 0. The first-order chi connectivity index (χ1) is 16.8. The topological polar surface area (TPSA) is 151 Å². The van der Waals surface area contributed by atoms with Crippen LogP contribution in [0.3, 0.4) is 0 Å². The molecule has 0 heterocycles. The van der Waals surface area contributed by atoms with Crippen LogP contribution in [0.25, 0.3) is 0 Å². The average molecular weight is 575 g/mol. The van der Waals surface area contributed by atoms with Crippen LogP contribution >= 0.6 is 21.6 Å². The molecule has 4 N–H and O–H groups in total. The molecule has 0 bridgehead atoms. The van der Waals surface area contributed by atoms with E-state index < -0.39 is 32.1 Å². The van der Waals surface area contributed by atoms with E-state index in [-0.39, 0.29) is 22.9 Å². The molecule has 0 aliphatic heterocycles. The van der Waals surface area contributed by atoms with Crippen molar-refractivity contribution in [3.8, 4) is 0 Å². The predicted octanol–water partition coefficient (Wildman–Crippen LogP) is 2.98. The Labute approximate surface area is 220 Å². The molecular formula is C22H30N4O6S4. The number of rotatable bonds is 11.